The standard InChI is InChI=1S/C22H40O4/c1-6-10-12-18(8-3)14-22(16-20(23)24,17(5)21(25)26)15-19(9-4)13-11-7-2/h18-19H,5-16H2,1-4H3,(H,23,24)(H,25,26). The zero-order valence-electron chi connectivity index (χ0n) is 17.4. The normalized spacial score (nSPS) is 15.8. The summed E-state index contributed by atoms with van der Waals surface area (Å²) in [6.45, 7) is 12.4. The highest BCUT2D eigenvalue weighted by molar-refractivity contribution is 5.88. The molecule has 2 atom stereocenters. The molecule has 0 radical (unpaired) electrons. The Balaban J connectivity index is 5.75. The van der Waals surface area contributed by atoms with Crippen molar-refractivity contribution in [1.82, 2.24) is 0 Å². The fraction of sp³-hybridized carbons (Fsp3) is 0.818. The molecule has 0 heterocycles. The molecule has 0 aromatic carbocycles. The van der Waals surface area contributed by atoms with Crippen LogP contribution in [0.15, 0.2) is 12.2 Å². The van der Waals surface area contributed by atoms with Crippen molar-refractivity contribution in [2.45, 2.75) is 98.3 Å². The molecule has 0 aromatic heterocycles. The van der Waals surface area contributed by atoms with Crippen LogP contribution in [-0.2, 0) is 9.59 Å². The molecule has 0 aliphatic carbocycles. The summed E-state index contributed by atoms with van der Waals surface area (Å²) in [6.07, 6.45) is 9.39. The molecule has 0 aliphatic rings. The van der Waals surface area contributed by atoms with Crippen molar-refractivity contribution in [1.29, 1.82) is 0 Å². The van der Waals surface area contributed by atoms with Gasteiger partial charge in [0.05, 0.1) is 6.42 Å². The molecular weight excluding hydrogens is 328 g/mol. The Kier molecular flexibility index (Phi) is 12.3. The van der Waals surface area contributed by atoms with Crippen molar-refractivity contribution in [3.8, 4) is 0 Å². The summed E-state index contributed by atoms with van der Waals surface area (Å²) in [5.41, 5.74) is -0.759. The van der Waals surface area contributed by atoms with Crippen LogP contribution in [0.4, 0.5) is 0 Å². The van der Waals surface area contributed by atoms with Crippen molar-refractivity contribution < 1.29 is 19.8 Å². The number of unbranched alkanes of at least 4 members (excludes halogenated alkanes) is 2. The first-order chi connectivity index (χ1) is 12.3. The molecule has 152 valence electrons. The molecule has 0 rings (SSSR count). The van der Waals surface area contributed by atoms with Gasteiger partial charge >= 0.3 is 11.9 Å². The molecule has 4 heteroatoms. The van der Waals surface area contributed by atoms with E-state index < -0.39 is 17.4 Å². The topological polar surface area (TPSA) is 74.6 Å². The minimum Gasteiger partial charge on any atom is -0.481 e. The van der Waals surface area contributed by atoms with E-state index in [0.29, 0.717) is 24.7 Å². The summed E-state index contributed by atoms with van der Waals surface area (Å²) in [5.74, 6) is -1.30. The summed E-state index contributed by atoms with van der Waals surface area (Å²) >= 11 is 0. The van der Waals surface area contributed by atoms with Gasteiger partial charge in [-0.25, -0.2) is 4.79 Å². The number of rotatable bonds is 16. The Hall–Kier alpha value is -1.32. The first-order valence-corrected chi connectivity index (χ1v) is 10.4. The Morgan fingerprint density at radius 3 is 1.58 bits per heavy atom. The maximum atomic E-state index is 11.8. The van der Waals surface area contributed by atoms with E-state index in [1.54, 1.807) is 0 Å². The fourth-order valence-corrected chi connectivity index (χ4v) is 4.09. The van der Waals surface area contributed by atoms with Crippen LogP contribution in [0.5, 0.6) is 0 Å². The van der Waals surface area contributed by atoms with Gasteiger partial charge in [0.1, 0.15) is 0 Å². The molecule has 4 nitrogen and oxygen atoms in total. The Morgan fingerprint density at radius 2 is 1.31 bits per heavy atom. The van der Waals surface area contributed by atoms with E-state index in [1.165, 1.54) is 0 Å². The molecule has 0 fully saturated rings. The van der Waals surface area contributed by atoms with Crippen LogP contribution < -0.4 is 0 Å². The molecule has 0 spiro atoms. The minimum absolute atomic E-state index is 0.0878. The van der Waals surface area contributed by atoms with E-state index in [-0.39, 0.29) is 12.0 Å². The van der Waals surface area contributed by atoms with Crippen LogP contribution in [0, 0.1) is 17.3 Å². The van der Waals surface area contributed by atoms with Crippen molar-refractivity contribution in [3.63, 3.8) is 0 Å². The van der Waals surface area contributed by atoms with Gasteiger partial charge in [-0.2, -0.15) is 0 Å². The average molecular weight is 369 g/mol. The molecule has 0 saturated heterocycles. The lowest BCUT2D eigenvalue weighted by Gasteiger charge is -2.38. The SMILES string of the molecule is C=C(C(=O)O)C(CC(=O)O)(CC(CC)CCCC)CC(CC)CCCC. The lowest BCUT2D eigenvalue weighted by molar-refractivity contribution is -0.140. The number of aliphatic carboxylic acids is 2. The van der Waals surface area contributed by atoms with Gasteiger partial charge in [-0.1, -0.05) is 85.6 Å². The molecule has 0 aromatic rings. The minimum atomic E-state index is -1.05. The van der Waals surface area contributed by atoms with E-state index in [0.717, 1.165) is 51.4 Å². The van der Waals surface area contributed by atoms with Gasteiger partial charge in [0.2, 0.25) is 0 Å². The maximum Gasteiger partial charge on any atom is 0.331 e. The van der Waals surface area contributed by atoms with Crippen molar-refractivity contribution in [2.24, 2.45) is 17.3 Å². The molecule has 0 saturated carbocycles. The monoisotopic (exact) mass is 368 g/mol. The second-order valence-electron chi connectivity index (χ2n) is 7.88. The second-order valence-corrected chi connectivity index (χ2v) is 7.88. The molecule has 0 amide bonds. The summed E-state index contributed by atoms with van der Waals surface area (Å²) < 4.78 is 0. The van der Waals surface area contributed by atoms with E-state index in [9.17, 15) is 19.8 Å². The van der Waals surface area contributed by atoms with Crippen LogP contribution in [-0.4, -0.2) is 22.2 Å². The lowest BCUT2D eigenvalue weighted by Crippen LogP contribution is -2.35. The van der Waals surface area contributed by atoms with E-state index in [1.807, 2.05) is 0 Å². The quantitative estimate of drug-likeness (QED) is 0.313. The van der Waals surface area contributed by atoms with Crippen LogP contribution in [0.1, 0.15) is 98.3 Å². The van der Waals surface area contributed by atoms with Crippen molar-refractivity contribution in [2.75, 3.05) is 0 Å². The van der Waals surface area contributed by atoms with Crippen molar-refractivity contribution >= 4 is 11.9 Å². The number of carboxylic acids is 2. The lowest BCUT2D eigenvalue weighted by atomic mass is 9.64. The first-order valence-electron chi connectivity index (χ1n) is 10.4. The van der Waals surface area contributed by atoms with E-state index >= 15 is 0 Å². The highest BCUT2D eigenvalue weighted by Gasteiger charge is 2.41. The Labute approximate surface area is 160 Å². The molecular formula is C22H40O4. The van der Waals surface area contributed by atoms with E-state index in [4.69, 9.17) is 0 Å². The largest absolute Gasteiger partial charge is 0.481 e. The summed E-state index contributed by atoms with van der Waals surface area (Å²) in [4.78, 5) is 23.5. The number of hydrogen-bond donors (Lipinski definition) is 2. The third kappa shape index (κ3) is 8.37. The van der Waals surface area contributed by atoms with Gasteiger partial charge in [0, 0.05) is 11.0 Å². The summed E-state index contributed by atoms with van der Waals surface area (Å²) in [6, 6.07) is 0. The average Bonchev–Trinajstić information content (AvgIpc) is 2.60. The van der Waals surface area contributed by atoms with Crippen LogP contribution >= 0.6 is 0 Å². The van der Waals surface area contributed by atoms with Crippen LogP contribution in [0.25, 0.3) is 0 Å². The van der Waals surface area contributed by atoms with Gasteiger partial charge in [0.15, 0.2) is 0 Å². The first kappa shape index (κ1) is 24.7. The van der Waals surface area contributed by atoms with Crippen molar-refractivity contribution in [3.05, 3.63) is 12.2 Å². The molecule has 26 heavy (non-hydrogen) atoms. The molecule has 0 bridgehead atoms. The Bertz CT molecular complexity index is 423. The number of hydrogen-bond acceptors (Lipinski definition) is 2. The zero-order valence-corrected chi connectivity index (χ0v) is 17.4. The van der Waals surface area contributed by atoms with Crippen LogP contribution in [0.2, 0.25) is 0 Å². The second kappa shape index (κ2) is 12.9. The highest BCUT2D eigenvalue weighted by Crippen LogP contribution is 2.46. The summed E-state index contributed by atoms with van der Waals surface area (Å²) in [7, 11) is 0. The summed E-state index contributed by atoms with van der Waals surface area (Å²) in [5, 5.41) is 19.2. The van der Waals surface area contributed by atoms with Gasteiger partial charge in [-0.05, 0) is 24.7 Å². The molecule has 0 aliphatic heterocycles. The third-order valence-corrected chi connectivity index (χ3v) is 5.83. The van der Waals surface area contributed by atoms with Gasteiger partial charge < -0.3 is 10.2 Å². The predicted molar refractivity (Wildman–Crippen MR) is 107 cm³/mol. The third-order valence-electron chi connectivity index (χ3n) is 5.83. The number of carbonyl (C=O) groups is 2. The zero-order chi connectivity index (χ0) is 20.2. The predicted octanol–water partition coefficient (Wildman–Crippen LogP) is 6.30. The Morgan fingerprint density at radius 1 is 0.885 bits per heavy atom. The van der Waals surface area contributed by atoms with Gasteiger partial charge in [-0.3, -0.25) is 4.79 Å². The fourth-order valence-electron chi connectivity index (χ4n) is 4.09. The maximum absolute atomic E-state index is 11.8. The number of carboxylic acid groups (broad SMARTS) is 2. The van der Waals surface area contributed by atoms with Gasteiger partial charge in [0.25, 0.3) is 0 Å². The van der Waals surface area contributed by atoms with Crippen LogP contribution in [0.3, 0.4) is 0 Å². The molecule has 2 unspecified atom stereocenters. The highest BCUT2D eigenvalue weighted by atomic mass is 16.4. The van der Waals surface area contributed by atoms with E-state index in [2.05, 4.69) is 34.3 Å². The smallest absolute Gasteiger partial charge is 0.331 e. The molecule has 2 N–H and O–H groups in total. The van der Waals surface area contributed by atoms with Gasteiger partial charge in [-0.15, -0.1) is 0 Å².